The van der Waals surface area contributed by atoms with Crippen LogP contribution in [0.5, 0.6) is 0 Å². The first-order valence-corrected chi connectivity index (χ1v) is 15.6. The maximum absolute atomic E-state index is 13.2. The number of amides is 4. The minimum atomic E-state index is -1.16. The molecule has 4 N–H and O–H groups in total. The lowest BCUT2D eigenvalue weighted by Crippen LogP contribution is -2.56. The Kier molecular flexibility index (Phi) is 15.6. The Hall–Kier alpha value is -3.43. The SMILES string of the molecule is CCCCCCCCCCCC(=O)N[C@H](C)C(=O)N[C@H](C)C(=O)N1CCC[C@@H]1C(=O)N[C@H](Cc1ccccc1)C(=O)O. The lowest BCUT2D eigenvalue weighted by atomic mass is 10.1. The molecule has 0 aliphatic carbocycles. The van der Waals surface area contributed by atoms with Gasteiger partial charge in [0.05, 0.1) is 0 Å². The highest BCUT2D eigenvalue weighted by atomic mass is 16.4. The molecular formula is C32H50N4O6. The summed E-state index contributed by atoms with van der Waals surface area (Å²) in [4.78, 5) is 64.4. The molecule has 10 nitrogen and oxygen atoms in total. The van der Waals surface area contributed by atoms with Crippen molar-refractivity contribution in [1.82, 2.24) is 20.9 Å². The number of carbonyl (C=O) groups excluding carboxylic acids is 4. The van der Waals surface area contributed by atoms with Crippen molar-refractivity contribution < 1.29 is 29.1 Å². The maximum Gasteiger partial charge on any atom is 0.326 e. The van der Waals surface area contributed by atoms with Crippen LogP contribution in [0.4, 0.5) is 0 Å². The summed E-state index contributed by atoms with van der Waals surface area (Å²) in [5.41, 5.74) is 0.773. The highest BCUT2D eigenvalue weighted by Gasteiger charge is 2.38. The molecule has 1 fully saturated rings. The van der Waals surface area contributed by atoms with Crippen molar-refractivity contribution in [3.05, 3.63) is 35.9 Å². The van der Waals surface area contributed by atoms with Gasteiger partial charge in [0.15, 0.2) is 0 Å². The van der Waals surface area contributed by atoms with E-state index in [1.165, 1.54) is 43.4 Å². The van der Waals surface area contributed by atoms with E-state index >= 15 is 0 Å². The van der Waals surface area contributed by atoms with Gasteiger partial charge in [-0.2, -0.15) is 0 Å². The molecule has 0 spiro atoms. The lowest BCUT2D eigenvalue weighted by Gasteiger charge is -2.28. The molecule has 0 bridgehead atoms. The molecule has 1 aromatic carbocycles. The van der Waals surface area contributed by atoms with Crippen molar-refractivity contribution in [2.45, 2.75) is 128 Å². The number of carboxylic acids is 1. The van der Waals surface area contributed by atoms with Gasteiger partial charge in [0.2, 0.25) is 23.6 Å². The molecule has 2 rings (SSSR count). The van der Waals surface area contributed by atoms with Crippen molar-refractivity contribution >= 4 is 29.6 Å². The van der Waals surface area contributed by atoms with E-state index in [2.05, 4.69) is 22.9 Å². The number of carbonyl (C=O) groups is 5. The molecule has 42 heavy (non-hydrogen) atoms. The van der Waals surface area contributed by atoms with Crippen LogP contribution in [-0.4, -0.2) is 70.3 Å². The van der Waals surface area contributed by atoms with Gasteiger partial charge in [0.25, 0.3) is 0 Å². The molecule has 0 saturated carbocycles. The zero-order valence-corrected chi connectivity index (χ0v) is 25.5. The number of nitrogens with zero attached hydrogens (tertiary/aromatic N) is 1. The molecule has 0 unspecified atom stereocenters. The number of benzene rings is 1. The summed E-state index contributed by atoms with van der Waals surface area (Å²) in [7, 11) is 0. The summed E-state index contributed by atoms with van der Waals surface area (Å²) in [5.74, 6) is -2.79. The molecule has 1 heterocycles. The molecule has 1 saturated heterocycles. The second-order valence-electron chi connectivity index (χ2n) is 11.4. The first-order chi connectivity index (χ1) is 20.1. The molecule has 4 atom stereocenters. The number of unbranched alkanes of at least 4 members (excludes halogenated alkanes) is 8. The average Bonchev–Trinajstić information content (AvgIpc) is 3.46. The van der Waals surface area contributed by atoms with Crippen LogP contribution >= 0.6 is 0 Å². The van der Waals surface area contributed by atoms with Crippen LogP contribution in [-0.2, 0) is 30.4 Å². The number of rotatable bonds is 19. The number of hydrogen-bond donors (Lipinski definition) is 4. The van der Waals surface area contributed by atoms with E-state index in [9.17, 15) is 29.1 Å². The summed E-state index contributed by atoms with van der Waals surface area (Å²) in [5, 5.41) is 17.6. The average molecular weight is 587 g/mol. The van der Waals surface area contributed by atoms with Crippen molar-refractivity contribution in [1.29, 1.82) is 0 Å². The smallest absolute Gasteiger partial charge is 0.326 e. The molecule has 1 aliphatic heterocycles. The van der Waals surface area contributed by atoms with Gasteiger partial charge in [0, 0.05) is 19.4 Å². The lowest BCUT2D eigenvalue weighted by molar-refractivity contribution is -0.144. The number of likely N-dealkylation sites (tertiary alicyclic amines) is 1. The Morgan fingerprint density at radius 3 is 2.10 bits per heavy atom. The third kappa shape index (κ3) is 12.2. The molecule has 10 heteroatoms. The summed E-state index contributed by atoms with van der Waals surface area (Å²) >= 11 is 0. The van der Waals surface area contributed by atoms with Gasteiger partial charge >= 0.3 is 5.97 Å². The molecule has 0 aromatic heterocycles. The van der Waals surface area contributed by atoms with Crippen LogP contribution in [0.1, 0.15) is 103 Å². The van der Waals surface area contributed by atoms with Crippen LogP contribution in [0, 0.1) is 0 Å². The summed E-state index contributed by atoms with van der Waals surface area (Å²) in [6.45, 7) is 5.65. The zero-order chi connectivity index (χ0) is 30.9. The van der Waals surface area contributed by atoms with E-state index in [0.717, 1.165) is 24.8 Å². The van der Waals surface area contributed by atoms with Crippen LogP contribution in [0.2, 0.25) is 0 Å². The van der Waals surface area contributed by atoms with Crippen LogP contribution in [0.25, 0.3) is 0 Å². The van der Waals surface area contributed by atoms with Gasteiger partial charge in [-0.15, -0.1) is 0 Å². The first kappa shape index (κ1) is 34.8. The van der Waals surface area contributed by atoms with Crippen LogP contribution in [0.15, 0.2) is 30.3 Å². The van der Waals surface area contributed by atoms with E-state index < -0.39 is 47.9 Å². The Labute approximate surface area is 250 Å². The Balaban J connectivity index is 1.76. The largest absolute Gasteiger partial charge is 0.480 e. The Morgan fingerprint density at radius 1 is 0.857 bits per heavy atom. The topological polar surface area (TPSA) is 145 Å². The highest BCUT2D eigenvalue weighted by molar-refractivity contribution is 5.95. The maximum atomic E-state index is 13.2. The Bertz CT molecular complexity index is 1020. The minimum Gasteiger partial charge on any atom is -0.480 e. The van der Waals surface area contributed by atoms with E-state index in [1.54, 1.807) is 38.1 Å². The fourth-order valence-electron chi connectivity index (χ4n) is 5.25. The van der Waals surface area contributed by atoms with Gasteiger partial charge < -0.3 is 26.0 Å². The standard InChI is InChI=1S/C32H50N4O6/c1-4-5-6-7-8-9-10-11-15-20-28(37)33-23(2)29(38)34-24(3)31(40)36-21-16-19-27(36)30(39)35-26(32(41)42)22-25-17-13-12-14-18-25/h12-14,17-18,23-24,26-27H,4-11,15-16,19-22H2,1-3H3,(H,33,37)(H,34,38)(H,35,39)(H,41,42)/t23-,24-,26-,27-/m1/s1. The fourth-order valence-corrected chi connectivity index (χ4v) is 5.25. The van der Waals surface area contributed by atoms with Gasteiger partial charge in [-0.25, -0.2) is 4.79 Å². The van der Waals surface area contributed by atoms with Gasteiger partial charge in [-0.3, -0.25) is 19.2 Å². The Morgan fingerprint density at radius 2 is 1.48 bits per heavy atom. The van der Waals surface area contributed by atoms with E-state index in [4.69, 9.17) is 0 Å². The van der Waals surface area contributed by atoms with Gasteiger partial charge in [0.1, 0.15) is 24.2 Å². The predicted molar refractivity (Wildman–Crippen MR) is 162 cm³/mol. The number of carboxylic acid groups (broad SMARTS) is 1. The number of nitrogens with one attached hydrogen (secondary N) is 3. The molecular weight excluding hydrogens is 536 g/mol. The number of aliphatic carboxylic acids is 1. The number of hydrogen-bond acceptors (Lipinski definition) is 5. The third-order valence-electron chi connectivity index (χ3n) is 7.74. The predicted octanol–water partition coefficient (Wildman–Crippen LogP) is 3.72. The molecule has 234 valence electrons. The zero-order valence-electron chi connectivity index (χ0n) is 25.5. The van der Waals surface area contributed by atoms with Crippen molar-refractivity contribution in [3.8, 4) is 0 Å². The summed E-state index contributed by atoms with van der Waals surface area (Å²) < 4.78 is 0. The van der Waals surface area contributed by atoms with Crippen LogP contribution in [0.3, 0.4) is 0 Å². The molecule has 0 radical (unpaired) electrons. The van der Waals surface area contributed by atoms with Crippen LogP contribution < -0.4 is 16.0 Å². The van der Waals surface area contributed by atoms with E-state index in [-0.39, 0.29) is 12.3 Å². The second-order valence-corrected chi connectivity index (χ2v) is 11.4. The normalized spacial score (nSPS) is 16.7. The minimum absolute atomic E-state index is 0.123. The highest BCUT2D eigenvalue weighted by Crippen LogP contribution is 2.19. The fraction of sp³-hybridized carbons (Fsp3) is 0.656. The van der Waals surface area contributed by atoms with Crippen molar-refractivity contribution in [2.24, 2.45) is 0 Å². The third-order valence-corrected chi connectivity index (χ3v) is 7.74. The van der Waals surface area contributed by atoms with Gasteiger partial charge in [-0.1, -0.05) is 88.6 Å². The monoisotopic (exact) mass is 586 g/mol. The first-order valence-electron chi connectivity index (χ1n) is 15.6. The van der Waals surface area contributed by atoms with Gasteiger partial charge in [-0.05, 0) is 38.7 Å². The van der Waals surface area contributed by atoms with E-state index in [0.29, 0.717) is 25.8 Å². The molecule has 4 amide bonds. The quantitative estimate of drug-likeness (QED) is 0.182. The second kappa shape index (κ2) is 18.9. The van der Waals surface area contributed by atoms with Crippen molar-refractivity contribution in [2.75, 3.05) is 6.54 Å². The summed E-state index contributed by atoms with van der Waals surface area (Å²) in [6.07, 6.45) is 11.8. The summed E-state index contributed by atoms with van der Waals surface area (Å²) in [6, 6.07) is 5.34. The van der Waals surface area contributed by atoms with E-state index in [1.807, 2.05) is 6.07 Å². The molecule has 1 aromatic rings. The van der Waals surface area contributed by atoms with Crippen molar-refractivity contribution in [3.63, 3.8) is 0 Å². The molecule has 1 aliphatic rings.